The van der Waals surface area contributed by atoms with Gasteiger partial charge in [0.2, 0.25) is 5.91 Å². The molecule has 2 aliphatic rings. The van der Waals surface area contributed by atoms with E-state index >= 15 is 0 Å². The van der Waals surface area contributed by atoms with Gasteiger partial charge in [-0.05, 0) is 19.8 Å². The van der Waals surface area contributed by atoms with Crippen molar-refractivity contribution in [2.24, 2.45) is 0 Å². The number of nitrogens with zero attached hydrogens (tertiary/aromatic N) is 1. The van der Waals surface area contributed by atoms with Gasteiger partial charge in [0, 0.05) is 18.9 Å². The molecule has 0 spiro atoms. The molecule has 0 unspecified atom stereocenters. The summed E-state index contributed by atoms with van der Waals surface area (Å²) in [5.41, 5.74) is 0. The Balaban J connectivity index is 1.74. The van der Waals surface area contributed by atoms with Crippen molar-refractivity contribution in [2.75, 3.05) is 25.4 Å². The second kappa shape index (κ2) is 5.73. The van der Waals surface area contributed by atoms with Crippen LogP contribution < -0.4 is 5.32 Å². The zero-order valence-corrected chi connectivity index (χ0v) is 10.8. The minimum Gasteiger partial charge on any atom is -0.376 e. The molecule has 1 N–H and O–H groups in total. The molecular formula is C11H18N2O3S. The average Bonchev–Trinajstić information content (AvgIpc) is 2.90. The Labute approximate surface area is 105 Å². The van der Waals surface area contributed by atoms with Gasteiger partial charge in [-0.1, -0.05) is 11.8 Å². The molecule has 2 atom stereocenters. The first-order valence-corrected chi connectivity index (χ1v) is 6.98. The molecule has 0 aliphatic carbocycles. The summed E-state index contributed by atoms with van der Waals surface area (Å²) < 4.78 is 5.51. The number of thioether (sulfide) groups is 1. The fourth-order valence-electron chi connectivity index (χ4n) is 2.13. The molecule has 2 heterocycles. The molecule has 6 heteroatoms. The molecule has 2 saturated heterocycles. The molecule has 5 nitrogen and oxygen atoms in total. The molecule has 2 fully saturated rings. The molecular weight excluding hydrogens is 240 g/mol. The third kappa shape index (κ3) is 3.35. The number of nitrogens with one attached hydrogen (secondary N) is 1. The van der Waals surface area contributed by atoms with E-state index in [1.807, 2.05) is 6.92 Å². The van der Waals surface area contributed by atoms with Crippen LogP contribution in [0.15, 0.2) is 0 Å². The lowest BCUT2D eigenvalue weighted by Gasteiger charge is -2.21. The number of rotatable bonds is 4. The van der Waals surface area contributed by atoms with E-state index in [9.17, 15) is 9.59 Å². The van der Waals surface area contributed by atoms with E-state index in [1.165, 1.54) is 11.8 Å². The van der Waals surface area contributed by atoms with Gasteiger partial charge < -0.3 is 15.0 Å². The standard InChI is InChI=1S/C11H18N2O3S/c1-8(9-3-2-5-16-9)12-10(14)7-13-4-6-17-11(13)15/h8-9H,2-7H2,1H3,(H,12,14)/t8-,9+/m0/s1. The van der Waals surface area contributed by atoms with Crippen molar-refractivity contribution in [3.63, 3.8) is 0 Å². The summed E-state index contributed by atoms with van der Waals surface area (Å²) in [5.74, 6) is 0.691. The molecule has 0 aromatic rings. The summed E-state index contributed by atoms with van der Waals surface area (Å²) >= 11 is 1.27. The monoisotopic (exact) mass is 258 g/mol. The Kier molecular flexibility index (Phi) is 4.28. The van der Waals surface area contributed by atoms with Crippen LogP contribution in [-0.4, -0.2) is 53.6 Å². The van der Waals surface area contributed by atoms with Crippen LogP contribution in [0, 0.1) is 0 Å². The Hall–Kier alpha value is -0.750. The van der Waals surface area contributed by atoms with Crippen molar-refractivity contribution in [1.82, 2.24) is 10.2 Å². The Morgan fingerprint density at radius 2 is 2.53 bits per heavy atom. The van der Waals surface area contributed by atoms with Gasteiger partial charge in [-0.2, -0.15) is 0 Å². The van der Waals surface area contributed by atoms with Crippen LogP contribution in [-0.2, 0) is 9.53 Å². The van der Waals surface area contributed by atoms with E-state index in [2.05, 4.69) is 5.32 Å². The van der Waals surface area contributed by atoms with Crippen molar-refractivity contribution >= 4 is 22.9 Å². The first-order valence-electron chi connectivity index (χ1n) is 5.99. The smallest absolute Gasteiger partial charge is 0.282 e. The second-order valence-electron chi connectivity index (χ2n) is 4.44. The van der Waals surface area contributed by atoms with Crippen LogP contribution in [0.25, 0.3) is 0 Å². The maximum absolute atomic E-state index is 11.7. The zero-order chi connectivity index (χ0) is 12.3. The zero-order valence-electron chi connectivity index (χ0n) is 9.98. The third-order valence-corrected chi connectivity index (χ3v) is 3.98. The topological polar surface area (TPSA) is 58.6 Å². The van der Waals surface area contributed by atoms with E-state index in [-0.39, 0.29) is 29.8 Å². The highest BCUT2D eigenvalue weighted by atomic mass is 32.2. The van der Waals surface area contributed by atoms with Crippen LogP contribution in [0.5, 0.6) is 0 Å². The van der Waals surface area contributed by atoms with Crippen molar-refractivity contribution < 1.29 is 14.3 Å². The Morgan fingerprint density at radius 3 is 3.12 bits per heavy atom. The number of ether oxygens (including phenoxy) is 1. The molecule has 0 bridgehead atoms. The number of carbonyl (C=O) groups is 2. The summed E-state index contributed by atoms with van der Waals surface area (Å²) in [6.45, 7) is 3.58. The van der Waals surface area contributed by atoms with E-state index < -0.39 is 0 Å². The summed E-state index contributed by atoms with van der Waals surface area (Å²) in [6.07, 6.45) is 2.19. The Bertz CT molecular complexity index is 305. The first kappa shape index (κ1) is 12.7. The predicted molar refractivity (Wildman–Crippen MR) is 66.0 cm³/mol. The molecule has 96 valence electrons. The number of carbonyl (C=O) groups excluding carboxylic acids is 2. The molecule has 2 amide bonds. The van der Waals surface area contributed by atoms with Crippen molar-refractivity contribution in [1.29, 1.82) is 0 Å². The predicted octanol–water partition coefficient (Wildman–Crippen LogP) is 0.839. The van der Waals surface area contributed by atoms with E-state index in [1.54, 1.807) is 4.90 Å². The maximum Gasteiger partial charge on any atom is 0.282 e. The lowest BCUT2D eigenvalue weighted by atomic mass is 10.1. The molecule has 0 saturated carbocycles. The first-order chi connectivity index (χ1) is 8.16. The highest BCUT2D eigenvalue weighted by Gasteiger charge is 2.26. The quantitative estimate of drug-likeness (QED) is 0.812. The van der Waals surface area contributed by atoms with Crippen LogP contribution in [0.2, 0.25) is 0 Å². The van der Waals surface area contributed by atoms with E-state index in [4.69, 9.17) is 4.74 Å². The van der Waals surface area contributed by atoms with Gasteiger partial charge in [0.15, 0.2) is 0 Å². The average molecular weight is 258 g/mol. The number of hydrogen-bond acceptors (Lipinski definition) is 4. The molecule has 2 rings (SSSR count). The van der Waals surface area contributed by atoms with E-state index in [0.717, 1.165) is 25.2 Å². The van der Waals surface area contributed by atoms with Crippen LogP contribution in [0.1, 0.15) is 19.8 Å². The molecule has 0 aromatic heterocycles. The maximum atomic E-state index is 11.7. The van der Waals surface area contributed by atoms with Crippen molar-refractivity contribution in [3.8, 4) is 0 Å². The normalized spacial score (nSPS) is 26.3. The summed E-state index contributed by atoms with van der Waals surface area (Å²) in [6, 6.07) is 0.0235. The minimum absolute atomic E-state index is 0.00456. The lowest BCUT2D eigenvalue weighted by molar-refractivity contribution is -0.123. The molecule has 0 radical (unpaired) electrons. The Morgan fingerprint density at radius 1 is 1.71 bits per heavy atom. The molecule has 2 aliphatic heterocycles. The number of hydrogen-bond donors (Lipinski definition) is 1. The van der Waals surface area contributed by atoms with Gasteiger partial charge in [0.1, 0.15) is 6.54 Å². The van der Waals surface area contributed by atoms with Crippen LogP contribution in [0.4, 0.5) is 4.79 Å². The third-order valence-electron chi connectivity index (χ3n) is 3.09. The summed E-state index contributed by atoms with van der Waals surface area (Å²) in [4.78, 5) is 24.7. The van der Waals surface area contributed by atoms with Gasteiger partial charge in [-0.3, -0.25) is 9.59 Å². The van der Waals surface area contributed by atoms with E-state index in [0.29, 0.717) is 6.54 Å². The highest BCUT2D eigenvalue weighted by Crippen LogP contribution is 2.17. The van der Waals surface area contributed by atoms with Gasteiger partial charge in [-0.15, -0.1) is 0 Å². The molecule has 0 aromatic carbocycles. The van der Waals surface area contributed by atoms with Gasteiger partial charge >= 0.3 is 0 Å². The van der Waals surface area contributed by atoms with Crippen molar-refractivity contribution in [2.45, 2.75) is 31.9 Å². The number of amides is 2. The largest absolute Gasteiger partial charge is 0.376 e. The fourth-order valence-corrected chi connectivity index (χ4v) is 2.96. The lowest BCUT2D eigenvalue weighted by Crippen LogP contribution is -2.45. The van der Waals surface area contributed by atoms with Gasteiger partial charge in [0.25, 0.3) is 5.24 Å². The molecule has 17 heavy (non-hydrogen) atoms. The van der Waals surface area contributed by atoms with Gasteiger partial charge in [-0.25, -0.2) is 0 Å². The van der Waals surface area contributed by atoms with Crippen LogP contribution >= 0.6 is 11.8 Å². The summed E-state index contributed by atoms with van der Waals surface area (Å²) in [7, 11) is 0. The second-order valence-corrected chi connectivity index (χ2v) is 5.49. The SMILES string of the molecule is C[C@H](NC(=O)CN1CCSC1=O)[C@H]1CCCO1. The fraction of sp³-hybridized carbons (Fsp3) is 0.818. The summed E-state index contributed by atoms with van der Waals surface area (Å²) in [5, 5.41) is 2.91. The van der Waals surface area contributed by atoms with Gasteiger partial charge in [0.05, 0.1) is 12.1 Å². The highest BCUT2D eigenvalue weighted by molar-refractivity contribution is 8.13. The van der Waals surface area contributed by atoms with Crippen LogP contribution in [0.3, 0.4) is 0 Å². The van der Waals surface area contributed by atoms with Crippen molar-refractivity contribution in [3.05, 3.63) is 0 Å². The minimum atomic E-state index is -0.0937.